The van der Waals surface area contributed by atoms with Crippen molar-refractivity contribution in [2.45, 2.75) is 101 Å². The molecule has 2 aliphatic heterocycles. The summed E-state index contributed by atoms with van der Waals surface area (Å²) in [7, 11) is 1.31. The van der Waals surface area contributed by atoms with Gasteiger partial charge in [0.25, 0.3) is 0 Å². The highest BCUT2D eigenvalue weighted by Crippen LogP contribution is 2.51. The fraction of sp³-hybridized carbons (Fsp3) is 0.576. The number of ether oxygens (including phenoxy) is 5. The summed E-state index contributed by atoms with van der Waals surface area (Å²) in [4.78, 5) is 28.2. The number of methoxy groups -OCH3 is 1. The van der Waals surface area contributed by atoms with Gasteiger partial charge in [-0.05, 0) is 32.8 Å². The quantitative estimate of drug-likeness (QED) is 0.217. The normalized spacial score (nSPS) is 38.2. The number of aromatic hydroxyl groups is 2. The van der Waals surface area contributed by atoms with Crippen molar-refractivity contribution in [3.63, 3.8) is 0 Å². The van der Waals surface area contributed by atoms with Crippen LogP contribution in [0, 0.1) is 11.8 Å². The third-order valence-electron chi connectivity index (χ3n) is 10.4. The predicted molar refractivity (Wildman–Crippen MR) is 156 cm³/mol. The zero-order valence-corrected chi connectivity index (χ0v) is 25.5. The number of rotatable bonds is 5. The minimum atomic E-state index is -1.46. The second-order valence-electron chi connectivity index (χ2n) is 13.0. The number of hydrogen-bond acceptors (Lipinski definition) is 13. The second-order valence-corrected chi connectivity index (χ2v) is 13.0. The Kier molecular flexibility index (Phi) is 7.88. The van der Waals surface area contributed by atoms with Crippen molar-refractivity contribution in [3.8, 4) is 17.2 Å². The molecule has 1 saturated carbocycles. The monoisotopic (exact) mass is 642 g/mol. The summed E-state index contributed by atoms with van der Waals surface area (Å²) in [5, 5.41) is 66.0. The lowest BCUT2D eigenvalue weighted by atomic mass is 9.76. The molecular formula is C33H38O13. The maximum absolute atomic E-state index is 14.2. The SMILES string of the molecule is COC1C(O)C(C)OC(OC2CC(O)Cc3c(O)c4c(c(O)c32)C(=O)c2c(OC3OC(C)C5CCC3C5O)cccc2C4=O)C1O. The summed E-state index contributed by atoms with van der Waals surface area (Å²) in [5.74, 6) is -2.99. The molecule has 0 radical (unpaired) electrons. The van der Waals surface area contributed by atoms with Crippen molar-refractivity contribution in [1.29, 1.82) is 0 Å². The van der Waals surface area contributed by atoms with E-state index in [1.807, 2.05) is 6.92 Å². The highest BCUT2D eigenvalue weighted by atomic mass is 16.7. The van der Waals surface area contributed by atoms with Crippen LogP contribution in [-0.4, -0.2) is 105 Å². The first kappa shape index (κ1) is 31.5. The number of carbonyl (C=O) groups is 2. The van der Waals surface area contributed by atoms with E-state index in [1.54, 1.807) is 6.92 Å². The van der Waals surface area contributed by atoms with Gasteiger partial charge < -0.3 is 54.3 Å². The maximum atomic E-state index is 14.2. The minimum Gasteiger partial charge on any atom is -0.507 e. The van der Waals surface area contributed by atoms with Gasteiger partial charge in [0, 0.05) is 48.5 Å². The molecule has 7 rings (SSSR count). The number of ketones is 2. The molecule has 5 aliphatic rings. The number of benzene rings is 2. The molecule has 2 bridgehead atoms. The molecule has 6 N–H and O–H groups in total. The second kappa shape index (κ2) is 11.5. The molecule has 46 heavy (non-hydrogen) atoms. The summed E-state index contributed by atoms with van der Waals surface area (Å²) in [6.45, 7) is 3.42. The molecular weight excluding hydrogens is 604 g/mol. The number of phenols is 2. The van der Waals surface area contributed by atoms with Crippen LogP contribution in [0.2, 0.25) is 0 Å². The van der Waals surface area contributed by atoms with Gasteiger partial charge in [-0.1, -0.05) is 12.1 Å². The van der Waals surface area contributed by atoms with E-state index in [4.69, 9.17) is 23.7 Å². The third kappa shape index (κ3) is 4.67. The van der Waals surface area contributed by atoms with Crippen LogP contribution < -0.4 is 4.74 Å². The Bertz CT molecular complexity index is 1570. The zero-order chi connectivity index (χ0) is 32.8. The highest BCUT2D eigenvalue weighted by molar-refractivity contribution is 6.31. The van der Waals surface area contributed by atoms with Gasteiger partial charge in [0.15, 0.2) is 12.1 Å². The van der Waals surface area contributed by atoms with E-state index in [-0.39, 0.29) is 58.8 Å². The molecule has 0 aromatic heterocycles. The van der Waals surface area contributed by atoms with Crippen molar-refractivity contribution in [1.82, 2.24) is 0 Å². The number of hydrogen-bond donors (Lipinski definition) is 6. The topological polar surface area (TPSA) is 202 Å². The predicted octanol–water partition coefficient (Wildman–Crippen LogP) is 1.23. The molecule has 3 fully saturated rings. The largest absolute Gasteiger partial charge is 0.507 e. The van der Waals surface area contributed by atoms with Crippen LogP contribution in [0.5, 0.6) is 17.2 Å². The van der Waals surface area contributed by atoms with Crippen LogP contribution in [-0.2, 0) is 25.4 Å². The average Bonchev–Trinajstić information content (AvgIpc) is 3.32. The van der Waals surface area contributed by atoms with Gasteiger partial charge in [-0.2, -0.15) is 0 Å². The van der Waals surface area contributed by atoms with Crippen molar-refractivity contribution in [3.05, 3.63) is 51.6 Å². The van der Waals surface area contributed by atoms with Crippen molar-refractivity contribution >= 4 is 11.6 Å². The Morgan fingerprint density at radius 1 is 0.804 bits per heavy atom. The van der Waals surface area contributed by atoms with Gasteiger partial charge in [-0.15, -0.1) is 0 Å². The molecule has 12 unspecified atom stereocenters. The third-order valence-corrected chi connectivity index (χ3v) is 10.4. The van der Waals surface area contributed by atoms with Crippen LogP contribution in [0.3, 0.4) is 0 Å². The van der Waals surface area contributed by atoms with E-state index in [2.05, 4.69) is 0 Å². The summed E-state index contributed by atoms with van der Waals surface area (Å²) in [6.07, 6.45) is -8.73. The Labute approximate surface area is 264 Å². The molecule has 2 aromatic rings. The smallest absolute Gasteiger partial charge is 0.205 e. The molecule has 2 heterocycles. The fourth-order valence-corrected chi connectivity index (χ4v) is 7.97. The average molecular weight is 643 g/mol. The van der Waals surface area contributed by atoms with E-state index >= 15 is 0 Å². The Morgan fingerprint density at radius 2 is 1.50 bits per heavy atom. The molecule has 0 amide bonds. The summed E-state index contributed by atoms with van der Waals surface area (Å²) in [6, 6.07) is 4.47. The molecule has 13 heteroatoms. The molecule has 2 aromatic carbocycles. The van der Waals surface area contributed by atoms with Crippen LogP contribution >= 0.6 is 0 Å². The van der Waals surface area contributed by atoms with E-state index in [0.29, 0.717) is 6.42 Å². The maximum Gasteiger partial charge on any atom is 0.205 e. The lowest BCUT2D eigenvalue weighted by molar-refractivity contribution is -0.310. The van der Waals surface area contributed by atoms with E-state index in [1.165, 1.54) is 25.3 Å². The van der Waals surface area contributed by atoms with Crippen LogP contribution in [0.1, 0.15) is 82.2 Å². The number of aliphatic hydroxyl groups excluding tert-OH is 4. The Hall–Kier alpha value is -3.14. The molecule has 2 saturated heterocycles. The van der Waals surface area contributed by atoms with Gasteiger partial charge >= 0.3 is 0 Å². The van der Waals surface area contributed by atoms with Gasteiger partial charge in [0.2, 0.25) is 12.1 Å². The lowest BCUT2D eigenvalue weighted by Gasteiger charge is -2.43. The van der Waals surface area contributed by atoms with E-state index in [9.17, 15) is 40.2 Å². The number of carbonyl (C=O) groups excluding carboxylic acids is 2. The van der Waals surface area contributed by atoms with E-state index < -0.39 is 89.5 Å². The van der Waals surface area contributed by atoms with E-state index in [0.717, 1.165) is 6.42 Å². The Morgan fingerprint density at radius 3 is 2.24 bits per heavy atom. The van der Waals surface area contributed by atoms with Crippen molar-refractivity contribution in [2.75, 3.05) is 7.11 Å². The molecule has 12 atom stereocenters. The number of aliphatic hydroxyl groups is 4. The van der Waals surface area contributed by atoms with Gasteiger partial charge in [-0.3, -0.25) is 9.59 Å². The van der Waals surface area contributed by atoms with Gasteiger partial charge in [0.1, 0.15) is 35.6 Å². The van der Waals surface area contributed by atoms with Crippen LogP contribution in [0.25, 0.3) is 0 Å². The molecule has 3 aliphatic carbocycles. The summed E-state index contributed by atoms with van der Waals surface area (Å²) >= 11 is 0. The molecule has 0 spiro atoms. The Balaban J connectivity index is 1.28. The first-order valence-corrected chi connectivity index (χ1v) is 15.6. The first-order chi connectivity index (χ1) is 21.9. The zero-order valence-electron chi connectivity index (χ0n) is 25.5. The number of phenolic OH excluding ortho intramolecular Hbond substituents is 2. The lowest BCUT2D eigenvalue weighted by Crippen LogP contribution is -2.58. The first-order valence-electron chi connectivity index (χ1n) is 15.6. The standard InChI is InChI=1S/C33H38O13/c1-11-14-7-8-16(25(14)36)32(43-11)45-18-6-4-5-15-20(18)28(39)23-22(26(15)37)27(38)17-9-13(34)10-19(21(17)29(23)40)46-33-30(41)31(42-3)24(35)12(2)44-33/h4-6,11-14,16,19,24-25,30-36,38,40-41H,7-10H2,1-3H3. The number of fused-ring (bicyclic) bond motifs is 5. The fourth-order valence-electron chi connectivity index (χ4n) is 7.97. The summed E-state index contributed by atoms with van der Waals surface area (Å²) in [5.41, 5.74) is -1.02. The summed E-state index contributed by atoms with van der Waals surface area (Å²) < 4.78 is 29.3. The van der Waals surface area contributed by atoms with Gasteiger partial charge in [0.05, 0.1) is 47.2 Å². The van der Waals surface area contributed by atoms with Crippen LogP contribution in [0.4, 0.5) is 0 Å². The highest BCUT2D eigenvalue weighted by Gasteiger charge is 2.51. The van der Waals surface area contributed by atoms with Crippen molar-refractivity contribution in [2.24, 2.45) is 11.8 Å². The molecule has 13 nitrogen and oxygen atoms in total. The molecule has 248 valence electrons. The van der Waals surface area contributed by atoms with Gasteiger partial charge in [-0.25, -0.2) is 0 Å². The van der Waals surface area contributed by atoms with Crippen LogP contribution in [0.15, 0.2) is 18.2 Å². The van der Waals surface area contributed by atoms with Crippen molar-refractivity contribution < 1.29 is 63.9 Å². The minimum absolute atomic E-state index is 0.0156.